The number of nitrogens with two attached hydrogens (primary N) is 1. The average Bonchev–Trinajstić information content (AvgIpc) is 2.56. The highest BCUT2D eigenvalue weighted by Gasteiger charge is 2.21. The highest BCUT2D eigenvalue weighted by atomic mass is 35.5. The molecule has 1 aliphatic heterocycles. The molecular weight excluding hydrogens is 272 g/mol. The number of benzene rings is 1. The summed E-state index contributed by atoms with van der Waals surface area (Å²) in [7, 11) is 0. The number of nitrogens with zero attached hydrogens (tertiary/aromatic N) is 1. The van der Waals surface area contributed by atoms with Gasteiger partial charge in [-0.15, -0.1) is 0 Å². The summed E-state index contributed by atoms with van der Waals surface area (Å²) >= 11 is 8.05. The van der Waals surface area contributed by atoms with E-state index in [1.54, 1.807) is 6.07 Å². The van der Waals surface area contributed by atoms with Gasteiger partial charge >= 0.3 is 5.97 Å². The Hall–Kier alpha value is -1.07. The van der Waals surface area contributed by atoms with Crippen molar-refractivity contribution in [2.75, 3.05) is 35.2 Å². The maximum atomic E-state index is 11.3. The average molecular weight is 287 g/mol. The highest BCUT2D eigenvalue weighted by molar-refractivity contribution is 7.99. The van der Waals surface area contributed by atoms with Crippen molar-refractivity contribution in [2.45, 2.75) is 6.42 Å². The highest BCUT2D eigenvalue weighted by Crippen LogP contribution is 2.33. The minimum absolute atomic E-state index is 0.187. The molecule has 18 heavy (non-hydrogen) atoms. The van der Waals surface area contributed by atoms with Crippen LogP contribution in [0.25, 0.3) is 0 Å². The number of nitrogen functional groups attached to an aromatic ring is 1. The fourth-order valence-electron chi connectivity index (χ4n) is 2.07. The van der Waals surface area contributed by atoms with Gasteiger partial charge in [-0.3, -0.25) is 0 Å². The van der Waals surface area contributed by atoms with Crippen LogP contribution < -0.4 is 10.6 Å². The van der Waals surface area contributed by atoms with Crippen molar-refractivity contribution in [1.29, 1.82) is 0 Å². The zero-order chi connectivity index (χ0) is 13.1. The first-order valence-electron chi connectivity index (χ1n) is 5.74. The van der Waals surface area contributed by atoms with Crippen LogP contribution in [0.4, 0.5) is 11.4 Å². The Labute approximate surface area is 115 Å². The number of anilines is 2. The lowest BCUT2D eigenvalue weighted by Gasteiger charge is -2.25. The van der Waals surface area contributed by atoms with Gasteiger partial charge in [0.25, 0.3) is 0 Å². The minimum Gasteiger partial charge on any atom is -0.478 e. The van der Waals surface area contributed by atoms with Crippen molar-refractivity contribution < 1.29 is 9.90 Å². The molecule has 0 radical (unpaired) electrons. The number of halogens is 1. The number of hydrogen-bond donors (Lipinski definition) is 2. The van der Waals surface area contributed by atoms with Crippen LogP contribution in [0, 0.1) is 0 Å². The van der Waals surface area contributed by atoms with E-state index in [2.05, 4.69) is 0 Å². The molecule has 1 aliphatic rings. The number of carbonyl (C=O) groups is 1. The van der Waals surface area contributed by atoms with Crippen LogP contribution in [0.1, 0.15) is 16.8 Å². The lowest BCUT2D eigenvalue weighted by atomic mass is 10.1. The van der Waals surface area contributed by atoms with Gasteiger partial charge in [-0.05, 0) is 24.3 Å². The number of rotatable bonds is 2. The molecule has 0 aromatic heterocycles. The second-order valence-corrected chi connectivity index (χ2v) is 5.79. The van der Waals surface area contributed by atoms with E-state index in [0.717, 1.165) is 31.0 Å². The number of carboxylic acid groups (broad SMARTS) is 1. The Bertz CT molecular complexity index is 460. The summed E-state index contributed by atoms with van der Waals surface area (Å²) in [5.74, 6) is 1.10. The smallest absolute Gasteiger partial charge is 0.337 e. The maximum Gasteiger partial charge on any atom is 0.337 e. The Balaban J connectivity index is 2.43. The third kappa shape index (κ3) is 2.84. The van der Waals surface area contributed by atoms with Crippen molar-refractivity contribution in [3.05, 3.63) is 22.7 Å². The molecule has 4 nitrogen and oxygen atoms in total. The molecule has 1 aromatic carbocycles. The van der Waals surface area contributed by atoms with Gasteiger partial charge in [0, 0.05) is 24.5 Å². The van der Waals surface area contributed by atoms with Gasteiger partial charge in [-0.25, -0.2) is 4.79 Å². The quantitative estimate of drug-likeness (QED) is 0.818. The second-order valence-electron chi connectivity index (χ2n) is 4.16. The summed E-state index contributed by atoms with van der Waals surface area (Å²) in [6.45, 7) is 1.64. The van der Waals surface area contributed by atoms with Gasteiger partial charge in [0.05, 0.1) is 16.3 Å². The summed E-state index contributed by atoms with van der Waals surface area (Å²) in [6.07, 6.45) is 1.03. The molecule has 0 bridgehead atoms. The Kier molecular flexibility index (Phi) is 4.24. The van der Waals surface area contributed by atoms with Gasteiger partial charge in [0.15, 0.2) is 0 Å². The van der Waals surface area contributed by atoms with E-state index >= 15 is 0 Å². The normalized spacial score (nSPS) is 16.4. The molecule has 1 heterocycles. The largest absolute Gasteiger partial charge is 0.478 e. The molecule has 3 N–H and O–H groups in total. The lowest BCUT2D eigenvalue weighted by molar-refractivity contribution is 0.0697. The molecule has 1 aromatic rings. The predicted molar refractivity (Wildman–Crippen MR) is 77.0 cm³/mol. The SMILES string of the molecule is Nc1cc(Cl)c(N2CCCSCC2)c(C(=O)O)c1. The number of carboxylic acids is 1. The second kappa shape index (κ2) is 5.71. The fourth-order valence-corrected chi connectivity index (χ4v) is 3.31. The van der Waals surface area contributed by atoms with Gasteiger partial charge < -0.3 is 15.7 Å². The van der Waals surface area contributed by atoms with Crippen LogP contribution >= 0.6 is 23.4 Å². The van der Waals surface area contributed by atoms with Gasteiger partial charge in [0.2, 0.25) is 0 Å². The van der Waals surface area contributed by atoms with Crippen LogP contribution in [0.3, 0.4) is 0 Å². The van der Waals surface area contributed by atoms with E-state index < -0.39 is 5.97 Å². The number of hydrogen-bond acceptors (Lipinski definition) is 4. The van der Waals surface area contributed by atoms with E-state index in [0.29, 0.717) is 16.4 Å². The molecule has 0 atom stereocenters. The first-order valence-corrected chi connectivity index (χ1v) is 7.28. The monoisotopic (exact) mass is 286 g/mol. The van der Waals surface area contributed by atoms with Crippen LogP contribution in [-0.4, -0.2) is 35.7 Å². The summed E-state index contributed by atoms with van der Waals surface area (Å²) in [5, 5.41) is 9.69. The topological polar surface area (TPSA) is 66.6 Å². The van der Waals surface area contributed by atoms with Crippen LogP contribution in [0.15, 0.2) is 12.1 Å². The lowest BCUT2D eigenvalue weighted by Crippen LogP contribution is -2.27. The van der Waals surface area contributed by atoms with E-state index in [9.17, 15) is 9.90 Å². The Morgan fingerprint density at radius 3 is 2.89 bits per heavy atom. The van der Waals surface area contributed by atoms with Crippen molar-refractivity contribution in [3.8, 4) is 0 Å². The van der Waals surface area contributed by atoms with Gasteiger partial charge in [0.1, 0.15) is 0 Å². The first-order chi connectivity index (χ1) is 8.59. The summed E-state index contributed by atoms with van der Waals surface area (Å²) in [4.78, 5) is 13.4. The molecule has 0 aliphatic carbocycles. The van der Waals surface area contributed by atoms with E-state index in [4.69, 9.17) is 17.3 Å². The van der Waals surface area contributed by atoms with Crippen molar-refractivity contribution >= 4 is 40.7 Å². The zero-order valence-corrected chi connectivity index (χ0v) is 11.4. The molecule has 0 amide bonds. The summed E-state index contributed by atoms with van der Waals surface area (Å²) in [5.41, 5.74) is 6.82. The molecule has 2 rings (SSSR count). The maximum absolute atomic E-state index is 11.3. The van der Waals surface area contributed by atoms with Gasteiger partial charge in [-0.1, -0.05) is 11.6 Å². The molecule has 6 heteroatoms. The molecule has 1 fully saturated rings. The molecule has 0 spiro atoms. The Morgan fingerprint density at radius 2 is 2.17 bits per heavy atom. The van der Waals surface area contributed by atoms with Gasteiger partial charge in [-0.2, -0.15) is 11.8 Å². The third-order valence-corrected chi connectivity index (χ3v) is 4.19. The molecule has 0 saturated carbocycles. The van der Waals surface area contributed by atoms with E-state index in [1.807, 2.05) is 16.7 Å². The number of thioether (sulfide) groups is 1. The molecule has 0 unspecified atom stereocenters. The zero-order valence-electron chi connectivity index (χ0n) is 9.86. The van der Waals surface area contributed by atoms with Crippen molar-refractivity contribution in [2.24, 2.45) is 0 Å². The van der Waals surface area contributed by atoms with E-state index in [1.165, 1.54) is 6.07 Å². The summed E-state index contributed by atoms with van der Waals surface area (Å²) < 4.78 is 0. The Morgan fingerprint density at radius 1 is 1.39 bits per heavy atom. The summed E-state index contributed by atoms with van der Waals surface area (Å²) in [6, 6.07) is 3.09. The van der Waals surface area contributed by atoms with Crippen molar-refractivity contribution in [1.82, 2.24) is 0 Å². The number of aromatic carboxylic acids is 1. The molecule has 1 saturated heterocycles. The van der Waals surface area contributed by atoms with E-state index in [-0.39, 0.29) is 5.56 Å². The minimum atomic E-state index is -0.990. The molecular formula is C12H15ClN2O2S. The molecule has 98 valence electrons. The predicted octanol–water partition coefficient (Wildman–Crippen LogP) is 2.56. The third-order valence-electron chi connectivity index (χ3n) is 2.85. The van der Waals surface area contributed by atoms with Crippen LogP contribution in [-0.2, 0) is 0 Å². The fraction of sp³-hybridized carbons (Fsp3) is 0.417. The standard InChI is InChI=1S/C12H15ClN2O2S/c13-10-7-8(14)6-9(12(16)17)11(10)15-2-1-4-18-5-3-15/h6-7H,1-5,14H2,(H,16,17). The van der Waals surface area contributed by atoms with Crippen molar-refractivity contribution in [3.63, 3.8) is 0 Å². The van der Waals surface area contributed by atoms with Crippen LogP contribution in [0.5, 0.6) is 0 Å². The first kappa shape index (κ1) is 13.4. The van der Waals surface area contributed by atoms with Crippen LogP contribution in [0.2, 0.25) is 5.02 Å².